The van der Waals surface area contributed by atoms with Crippen LogP contribution in [-0.4, -0.2) is 11.0 Å². The number of nitrogens with two attached hydrogens (primary N) is 1. The van der Waals surface area contributed by atoms with Crippen LogP contribution >= 0.6 is 11.6 Å². The first-order valence-corrected chi connectivity index (χ1v) is 6.01. The van der Waals surface area contributed by atoms with Gasteiger partial charge in [-0.05, 0) is 36.8 Å². The van der Waals surface area contributed by atoms with Crippen LogP contribution in [0.5, 0.6) is 5.75 Å². The highest BCUT2D eigenvalue weighted by Gasteiger charge is 2.11. The van der Waals surface area contributed by atoms with Crippen LogP contribution in [0.1, 0.15) is 15.9 Å². The number of aromatic hydroxyl groups is 1. The summed E-state index contributed by atoms with van der Waals surface area (Å²) in [6.45, 7) is 1.82. The highest BCUT2D eigenvalue weighted by molar-refractivity contribution is 6.31. The zero-order valence-electron chi connectivity index (χ0n) is 10.3. The molecule has 0 fully saturated rings. The van der Waals surface area contributed by atoms with Gasteiger partial charge in [0.25, 0.3) is 5.91 Å². The van der Waals surface area contributed by atoms with Crippen LogP contribution < -0.4 is 11.1 Å². The molecule has 5 heteroatoms. The molecule has 1 amide bonds. The number of amides is 1. The smallest absolute Gasteiger partial charge is 0.256 e. The lowest BCUT2D eigenvalue weighted by Gasteiger charge is -2.10. The summed E-state index contributed by atoms with van der Waals surface area (Å²) in [6.07, 6.45) is 0. The molecular weight excluding hydrogens is 264 g/mol. The van der Waals surface area contributed by atoms with Gasteiger partial charge in [0.05, 0.1) is 11.4 Å². The van der Waals surface area contributed by atoms with Crippen LogP contribution in [0.2, 0.25) is 5.02 Å². The van der Waals surface area contributed by atoms with Crippen molar-refractivity contribution >= 4 is 28.9 Å². The normalized spacial score (nSPS) is 10.2. The number of phenolic OH excluding ortho intramolecular Hbond substituents is 1. The quantitative estimate of drug-likeness (QED) is 0.582. The van der Waals surface area contributed by atoms with E-state index >= 15 is 0 Å². The molecule has 98 valence electrons. The maximum absolute atomic E-state index is 12.1. The monoisotopic (exact) mass is 276 g/mol. The highest BCUT2D eigenvalue weighted by atomic mass is 35.5. The fourth-order valence-corrected chi connectivity index (χ4v) is 1.86. The number of carbonyl (C=O) groups is 1. The standard InChI is InChI=1S/C14H13ClN2O2/c1-8-2-3-9(15)6-11(8)14(19)17-13-5-4-10(18)7-12(13)16/h2-7,18H,16H2,1H3,(H,17,19). The van der Waals surface area contributed by atoms with Gasteiger partial charge in [-0.2, -0.15) is 0 Å². The van der Waals surface area contributed by atoms with Gasteiger partial charge in [-0.3, -0.25) is 4.79 Å². The second-order valence-corrected chi connectivity index (χ2v) is 4.62. The number of benzene rings is 2. The third-order valence-corrected chi connectivity index (χ3v) is 2.96. The SMILES string of the molecule is Cc1ccc(Cl)cc1C(=O)Nc1ccc(O)cc1N. The van der Waals surface area contributed by atoms with E-state index in [1.807, 2.05) is 6.92 Å². The highest BCUT2D eigenvalue weighted by Crippen LogP contribution is 2.24. The van der Waals surface area contributed by atoms with Crippen molar-refractivity contribution in [3.63, 3.8) is 0 Å². The number of anilines is 2. The Bertz CT molecular complexity index is 641. The first kappa shape index (κ1) is 13.2. The van der Waals surface area contributed by atoms with Crippen molar-refractivity contribution in [3.05, 3.63) is 52.5 Å². The van der Waals surface area contributed by atoms with Crippen LogP contribution in [0.4, 0.5) is 11.4 Å². The Morgan fingerprint density at radius 1 is 1.26 bits per heavy atom. The average molecular weight is 277 g/mol. The van der Waals surface area contributed by atoms with Crippen LogP contribution in [0, 0.1) is 6.92 Å². The van der Waals surface area contributed by atoms with Crippen LogP contribution in [0.15, 0.2) is 36.4 Å². The number of phenols is 1. The van der Waals surface area contributed by atoms with Crippen LogP contribution in [-0.2, 0) is 0 Å². The van der Waals surface area contributed by atoms with Crippen molar-refractivity contribution in [2.45, 2.75) is 6.92 Å². The second kappa shape index (κ2) is 5.20. The summed E-state index contributed by atoms with van der Waals surface area (Å²) in [4.78, 5) is 12.1. The Hall–Kier alpha value is -2.20. The minimum absolute atomic E-state index is 0.0504. The molecule has 0 aliphatic carbocycles. The molecule has 4 N–H and O–H groups in total. The van der Waals surface area contributed by atoms with Crippen molar-refractivity contribution in [2.75, 3.05) is 11.1 Å². The van der Waals surface area contributed by atoms with Gasteiger partial charge in [-0.15, -0.1) is 0 Å². The summed E-state index contributed by atoms with van der Waals surface area (Å²) in [5.74, 6) is -0.244. The summed E-state index contributed by atoms with van der Waals surface area (Å²) in [7, 11) is 0. The Labute approximate surface area is 115 Å². The van der Waals surface area contributed by atoms with Crippen LogP contribution in [0.25, 0.3) is 0 Å². The molecule has 0 unspecified atom stereocenters. The number of rotatable bonds is 2. The first-order chi connectivity index (χ1) is 8.97. The number of halogens is 1. The van der Waals surface area contributed by atoms with E-state index in [-0.39, 0.29) is 11.7 Å². The molecule has 0 radical (unpaired) electrons. The molecule has 0 saturated carbocycles. The van der Waals surface area contributed by atoms with E-state index in [1.165, 1.54) is 12.1 Å². The third-order valence-electron chi connectivity index (χ3n) is 2.73. The minimum atomic E-state index is -0.294. The Kier molecular flexibility index (Phi) is 3.62. The van der Waals surface area contributed by atoms with Gasteiger partial charge in [-0.1, -0.05) is 17.7 Å². The van der Waals surface area contributed by atoms with E-state index in [0.29, 0.717) is 22.0 Å². The maximum atomic E-state index is 12.1. The summed E-state index contributed by atoms with van der Waals surface area (Å²) < 4.78 is 0. The second-order valence-electron chi connectivity index (χ2n) is 4.18. The molecule has 2 aromatic rings. The van der Waals surface area contributed by atoms with E-state index in [4.69, 9.17) is 17.3 Å². The molecular formula is C14H13ClN2O2. The predicted octanol–water partition coefficient (Wildman–Crippen LogP) is 3.19. The van der Waals surface area contributed by atoms with Crippen molar-refractivity contribution in [2.24, 2.45) is 0 Å². The molecule has 4 nitrogen and oxygen atoms in total. The lowest BCUT2D eigenvalue weighted by Crippen LogP contribution is -2.14. The summed E-state index contributed by atoms with van der Waals surface area (Å²) in [5.41, 5.74) is 7.77. The summed E-state index contributed by atoms with van der Waals surface area (Å²) in [5, 5.41) is 12.4. The van der Waals surface area contributed by atoms with Gasteiger partial charge in [0.2, 0.25) is 0 Å². The fourth-order valence-electron chi connectivity index (χ4n) is 1.69. The topological polar surface area (TPSA) is 75.3 Å². The summed E-state index contributed by atoms with van der Waals surface area (Å²) in [6, 6.07) is 9.47. The Morgan fingerprint density at radius 3 is 2.68 bits per heavy atom. The number of nitrogens with one attached hydrogen (secondary N) is 1. The van der Waals surface area contributed by atoms with Crippen molar-refractivity contribution in [3.8, 4) is 5.75 Å². The molecule has 2 aromatic carbocycles. The van der Waals surface area contributed by atoms with E-state index in [0.717, 1.165) is 5.56 Å². The number of carbonyl (C=O) groups excluding carboxylic acids is 1. The van der Waals surface area contributed by atoms with Gasteiger partial charge in [0.15, 0.2) is 0 Å². The number of hydrogen-bond acceptors (Lipinski definition) is 3. The van der Waals surface area contributed by atoms with E-state index in [1.54, 1.807) is 24.3 Å². The molecule has 19 heavy (non-hydrogen) atoms. The van der Waals surface area contributed by atoms with Crippen molar-refractivity contribution in [1.29, 1.82) is 0 Å². The summed E-state index contributed by atoms with van der Waals surface area (Å²) >= 11 is 5.88. The average Bonchev–Trinajstić information content (AvgIpc) is 2.35. The van der Waals surface area contributed by atoms with Crippen molar-refractivity contribution in [1.82, 2.24) is 0 Å². The zero-order valence-corrected chi connectivity index (χ0v) is 11.0. The minimum Gasteiger partial charge on any atom is -0.508 e. The Morgan fingerprint density at radius 2 is 2.00 bits per heavy atom. The van der Waals surface area contributed by atoms with Gasteiger partial charge < -0.3 is 16.2 Å². The Balaban J connectivity index is 2.28. The van der Waals surface area contributed by atoms with Crippen LogP contribution in [0.3, 0.4) is 0 Å². The van der Waals surface area contributed by atoms with E-state index in [9.17, 15) is 9.90 Å². The molecule has 0 bridgehead atoms. The molecule has 2 rings (SSSR count). The van der Waals surface area contributed by atoms with Crippen molar-refractivity contribution < 1.29 is 9.90 Å². The van der Waals surface area contributed by atoms with Gasteiger partial charge >= 0.3 is 0 Å². The lowest BCUT2D eigenvalue weighted by atomic mass is 10.1. The molecule has 0 aromatic heterocycles. The van der Waals surface area contributed by atoms with E-state index in [2.05, 4.69) is 5.32 Å². The molecule has 0 saturated heterocycles. The lowest BCUT2D eigenvalue weighted by molar-refractivity contribution is 0.102. The van der Waals surface area contributed by atoms with E-state index < -0.39 is 0 Å². The third kappa shape index (κ3) is 2.98. The fraction of sp³-hybridized carbons (Fsp3) is 0.0714. The van der Waals surface area contributed by atoms with Gasteiger partial charge in [-0.25, -0.2) is 0 Å². The van der Waals surface area contributed by atoms with Gasteiger partial charge in [0, 0.05) is 16.7 Å². The first-order valence-electron chi connectivity index (χ1n) is 5.63. The molecule has 0 aliphatic heterocycles. The number of aryl methyl sites for hydroxylation is 1. The zero-order chi connectivity index (χ0) is 14.0. The maximum Gasteiger partial charge on any atom is 0.256 e. The van der Waals surface area contributed by atoms with Gasteiger partial charge in [0.1, 0.15) is 5.75 Å². The molecule has 0 aliphatic rings. The molecule has 0 spiro atoms. The molecule has 0 heterocycles. The molecule has 0 atom stereocenters. The number of nitrogen functional groups attached to an aromatic ring is 1. The largest absolute Gasteiger partial charge is 0.508 e. The predicted molar refractivity (Wildman–Crippen MR) is 76.7 cm³/mol. The number of hydrogen-bond donors (Lipinski definition) is 3.